The molecule has 24 heavy (non-hydrogen) atoms. The van der Waals surface area contributed by atoms with Gasteiger partial charge in [-0.25, -0.2) is 0 Å². The van der Waals surface area contributed by atoms with Gasteiger partial charge < -0.3 is 5.32 Å². The van der Waals surface area contributed by atoms with Crippen molar-refractivity contribution in [3.05, 3.63) is 59.8 Å². The summed E-state index contributed by atoms with van der Waals surface area (Å²) in [6.45, 7) is 3.27. The van der Waals surface area contributed by atoms with Crippen LogP contribution in [0.2, 0.25) is 0 Å². The highest BCUT2D eigenvalue weighted by Gasteiger charge is 2.14. The Morgan fingerprint density at radius 3 is 2.88 bits per heavy atom. The van der Waals surface area contributed by atoms with Gasteiger partial charge in [-0.2, -0.15) is 5.10 Å². The molecular weight excluding hydrogens is 300 g/mol. The summed E-state index contributed by atoms with van der Waals surface area (Å²) < 4.78 is 0. The van der Waals surface area contributed by atoms with Crippen LogP contribution in [0.4, 0.5) is 5.69 Å². The van der Waals surface area contributed by atoms with Gasteiger partial charge in [-0.15, -0.1) is 0 Å². The molecule has 5 heteroatoms. The number of aromatic amines is 1. The summed E-state index contributed by atoms with van der Waals surface area (Å²) in [5.41, 5.74) is 3.43. The lowest BCUT2D eigenvalue weighted by molar-refractivity contribution is 0.102. The summed E-state index contributed by atoms with van der Waals surface area (Å²) in [5, 5.41) is 10.8. The van der Waals surface area contributed by atoms with Gasteiger partial charge in [-0.05, 0) is 49.7 Å². The van der Waals surface area contributed by atoms with Gasteiger partial charge in [0.2, 0.25) is 0 Å². The maximum absolute atomic E-state index is 12.6. The number of likely N-dealkylation sites (tertiary alicyclic amines) is 1. The van der Waals surface area contributed by atoms with E-state index in [2.05, 4.69) is 32.5 Å². The third-order valence-corrected chi connectivity index (χ3v) is 4.51. The molecule has 1 aromatic heterocycles. The zero-order valence-corrected chi connectivity index (χ0v) is 13.5. The molecule has 3 aromatic rings. The largest absolute Gasteiger partial charge is 0.322 e. The lowest BCUT2D eigenvalue weighted by Gasteiger charge is -2.15. The van der Waals surface area contributed by atoms with Crippen molar-refractivity contribution in [2.75, 3.05) is 18.4 Å². The van der Waals surface area contributed by atoms with Crippen LogP contribution in [-0.2, 0) is 6.54 Å². The van der Waals surface area contributed by atoms with Crippen molar-refractivity contribution in [1.29, 1.82) is 0 Å². The fourth-order valence-electron chi connectivity index (χ4n) is 3.30. The van der Waals surface area contributed by atoms with Crippen LogP contribution >= 0.6 is 0 Å². The molecule has 0 radical (unpaired) electrons. The molecule has 4 rings (SSSR count). The van der Waals surface area contributed by atoms with Gasteiger partial charge in [-0.3, -0.25) is 14.8 Å². The molecule has 0 atom stereocenters. The number of anilines is 1. The van der Waals surface area contributed by atoms with Crippen molar-refractivity contribution < 1.29 is 4.79 Å². The summed E-state index contributed by atoms with van der Waals surface area (Å²) in [4.78, 5) is 15.1. The minimum absolute atomic E-state index is 0.122. The molecule has 0 unspecified atom stereocenters. The summed E-state index contributed by atoms with van der Waals surface area (Å²) in [5.74, 6) is -0.122. The number of H-pyrrole nitrogens is 1. The molecule has 0 saturated carbocycles. The van der Waals surface area contributed by atoms with Crippen molar-refractivity contribution in [2.45, 2.75) is 19.4 Å². The number of hydrogen-bond donors (Lipinski definition) is 2. The average Bonchev–Trinajstić information content (AvgIpc) is 3.25. The number of nitrogens with zero attached hydrogens (tertiary/aromatic N) is 2. The van der Waals surface area contributed by atoms with Crippen LogP contribution in [-0.4, -0.2) is 34.1 Å². The fourth-order valence-corrected chi connectivity index (χ4v) is 3.30. The second-order valence-electron chi connectivity index (χ2n) is 6.28. The minimum Gasteiger partial charge on any atom is -0.322 e. The molecule has 122 valence electrons. The van der Waals surface area contributed by atoms with Crippen LogP contribution in [0.25, 0.3) is 10.9 Å². The molecule has 1 aliphatic heterocycles. The number of benzene rings is 2. The van der Waals surface area contributed by atoms with Gasteiger partial charge >= 0.3 is 0 Å². The molecule has 1 amide bonds. The van der Waals surface area contributed by atoms with Gasteiger partial charge in [0, 0.05) is 17.6 Å². The van der Waals surface area contributed by atoms with E-state index in [0.717, 1.165) is 23.1 Å². The molecule has 0 spiro atoms. The van der Waals surface area contributed by atoms with E-state index in [0.29, 0.717) is 5.56 Å². The highest BCUT2D eigenvalue weighted by atomic mass is 16.1. The third-order valence-electron chi connectivity index (χ3n) is 4.51. The molecule has 2 aromatic carbocycles. The number of nitrogens with one attached hydrogen (secondary N) is 2. The average molecular weight is 320 g/mol. The highest BCUT2D eigenvalue weighted by molar-refractivity contribution is 6.11. The first-order chi connectivity index (χ1) is 11.8. The van der Waals surface area contributed by atoms with Gasteiger partial charge in [0.15, 0.2) is 0 Å². The number of rotatable bonds is 4. The first kappa shape index (κ1) is 14.9. The molecular formula is C19H20N4O. The van der Waals surface area contributed by atoms with Crippen LogP contribution in [0.15, 0.2) is 48.7 Å². The quantitative estimate of drug-likeness (QED) is 0.774. The van der Waals surface area contributed by atoms with E-state index < -0.39 is 0 Å². The Balaban J connectivity index is 1.52. The maximum Gasteiger partial charge on any atom is 0.257 e. The Morgan fingerprint density at radius 1 is 1.17 bits per heavy atom. The molecule has 1 saturated heterocycles. The molecule has 0 aliphatic carbocycles. The van der Waals surface area contributed by atoms with Crippen LogP contribution < -0.4 is 5.32 Å². The molecule has 1 fully saturated rings. The van der Waals surface area contributed by atoms with E-state index in [4.69, 9.17) is 0 Å². The Hall–Kier alpha value is -2.66. The lowest BCUT2D eigenvalue weighted by Crippen LogP contribution is -2.18. The Bertz CT molecular complexity index is 864. The molecule has 1 aliphatic rings. The summed E-state index contributed by atoms with van der Waals surface area (Å²) in [6, 6.07) is 13.7. The molecule has 2 heterocycles. The van der Waals surface area contributed by atoms with E-state index in [1.165, 1.54) is 31.5 Å². The number of fused-ring (bicyclic) bond motifs is 1. The smallest absolute Gasteiger partial charge is 0.257 e. The molecule has 5 nitrogen and oxygen atoms in total. The van der Waals surface area contributed by atoms with Crippen molar-refractivity contribution >= 4 is 22.5 Å². The zero-order valence-electron chi connectivity index (χ0n) is 13.5. The second-order valence-corrected chi connectivity index (χ2v) is 6.28. The van der Waals surface area contributed by atoms with E-state index in [9.17, 15) is 4.79 Å². The Morgan fingerprint density at radius 2 is 2.00 bits per heavy atom. The third kappa shape index (κ3) is 3.03. The normalized spacial score (nSPS) is 15.0. The Labute approximate surface area is 140 Å². The topological polar surface area (TPSA) is 61.0 Å². The van der Waals surface area contributed by atoms with Crippen molar-refractivity contribution in [3.8, 4) is 0 Å². The van der Waals surface area contributed by atoms with E-state index in [1.807, 2.05) is 30.3 Å². The predicted octanol–water partition coefficient (Wildman–Crippen LogP) is 3.41. The zero-order chi connectivity index (χ0) is 16.4. The monoisotopic (exact) mass is 320 g/mol. The number of para-hydroxylation sites is 1. The maximum atomic E-state index is 12.6. The van der Waals surface area contributed by atoms with E-state index in [1.54, 1.807) is 6.20 Å². The van der Waals surface area contributed by atoms with Crippen molar-refractivity contribution in [2.24, 2.45) is 0 Å². The molecule has 0 bridgehead atoms. The van der Waals surface area contributed by atoms with Crippen molar-refractivity contribution in [1.82, 2.24) is 15.1 Å². The number of aromatic nitrogens is 2. The number of carbonyl (C=O) groups is 1. The fraction of sp³-hybridized carbons (Fsp3) is 0.263. The van der Waals surface area contributed by atoms with Crippen LogP contribution in [0.3, 0.4) is 0 Å². The Kier molecular flexibility index (Phi) is 4.01. The number of amides is 1. The lowest BCUT2D eigenvalue weighted by atomic mass is 10.1. The standard InChI is InChI=1S/C19H20N4O/c24-19(17-8-4-6-15-12-20-22-18(15)17)21-16-7-3-5-14(11-16)13-23-9-1-2-10-23/h3-8,11-12H,1-2,9-10,13H2,(H,20,22)(H,21,24). The highest BCUT2D eigenvalue weighted by Crippen LogP contribution is 2.19. The first-order valence-corrected chi connectivity index (χ1v) is 8.34. The van der Waals surface area contributed by atoms with Gasteiger partial charge in [0.1, 0.15) is 0 Å². The van der Waals surface area contributed by atoms with Crippen LogP contribution in [0, 0.1) is 0 Å². The van der Waals surface area contributed by atoms with Gasteiger partial charge in [0.25, 0.3) is 5.91 Å². The summed E-state index contributed by atoms with van der Waals surface area (Å²) in [6.07, 6.45) is 4.29. The van der Waals surface area contributed by atoms with Gasteiger partial charge in [0.05, 0.1) is 17.3 Å². The first-order valence-electron chi connectivity index (χ1n) is 8.34. The van der Waals surface area contributed by atoms with E-state index >= 15 is 0 Å². The van der Waals surface area contributed by atoms with Crippen molar-refractivity contribution in [3.63, 3.8) is 0 Å². The van der Waals surface area contributed by atoms with Gasteiger partial charge in [-0.1, -0.05) is 24.3 Å². The predicted molar refractivity (Wildman–Crippen MR) is 95.0 cm³/mol. The summed E-state index contributed by atoms with van der Waals surface area (Å²) >= 11 is 0. The van der Waals surface area contributed by atoms with Crippen LogP contribution in [0.5, 0.6) is 0 Å². The molecule has 2 N–H and O–H groups in total. The van der Waals surface area contributed by atoms with E-state index in [-0.39, 0.29) is 5.91 Å². The minimum atomic E-state index is -0.122. The number of carbonyl (C=O) groups excluding carboxylic acids is 1. The van der Waals surface area contributed by atoms with Crippen LogP contribution in [0.1, 0.15) is 28.8 Å². The second kappa shape index (κ2) is 6.45. The SMILES string of the molecule is O=C(Nc1cccc(CN2CCCC2)c1)c1cccc2cn[nH]c12. The number of hydrogen-bond acceptors (Lipinski definition) is 3. The summed E-state index contributed by atoms with van der Waals surface area (Å²) in [7, 11) is 0.